The van der Waals surface area contributed by atoms with E-state index >= 15 is 0 Å². The predicted octanol–water partition coefficient (Wildman–Crippen LogP) is 5.74. The molecule has 0 atom stereocenters. The van der Waals surface area contributed by atoms with Crippen LogP contribution in [-0.4, -0.2) is 50.3 Å². The first-order chi connectivity index (χ1) is 16.7. The van der Waals surface area contributed by atoms with Crippen LogP contribution in [0.5, 0.6) is 0 Å². The Kier molecular flexibility index (Phi) is 7.05. The first kappa shape index (κ1) is 22.8. The Morgan fingerprint density at radius 2 is 1.85 bits per heavy atom. The van der Waals surface area contributed by atoms with Crippen LogP contribution in [0.1, 0.15) is 17.5 Å². The van der Waals surface area contributed by atoms with Crippen LogP contribution < -0.4 is 5.36 Å². The van der Waals surface area contributed by atoms with Gasteiger partial charge in [0.15, 0.2) is 0 Å². The van der Waals surface area contributed by atoms with Gasteiger partial charge in [0, 0.05) is 34.2 Å². The highest BCUT2D eigenvalue weighted by Gasteiger charge is 2.17. The molecule has 0 unspecified atom stereocenters. The minimum Gasteiger partial charge on any atom is -0.375 e. The van der Waals surface area contributed by atoms with Crippen LogP contribution in [0.15, 0.2) is 82.9 Å². The van der Waals surface area contributed by atoms with Gasteiger partial charge in [0.1, 0.15) is 0 Å². The first-order valence-electron chi connectivity index (χ1n) is 11.9. The lowest BCUT2D eigenvalue weighted by Gasteiger charge is -2.25. The third kappa shape index (κ3) is 5.07. The lowest BCUT2D eigenvalue weighted by Crippen LogP contribution is -2.30. The van der Waals surface area contributed by atoms with Crippen LogP contribution in [0, 0.1) is 0 Å². The Labute approximate surface area is 205 Å². The number of ether oxygens (including phenoxy) is 1. The van der Waals surface area contributed by atoms with Crippen molar-refractivity contribution in [2.24, 2.45) is 5.10 Å². The van der Waals surface area contributed by atoms with Crippen molar-refractivity contribution in [2.45, 2.75) is 12.8 Å². The molecule has 34 heavy (non-hydrogen) atoms. The largest absolute Gasteiger partial charge is 0.375 e. The molecule has 4 aromatic rings. The molecule has 0 aliphatic carbocycles. The topological polar surface area (TPSA) is 28.1 Å². The van der Waals surface area contributed by atoms with Gasteiger partial charge in [-0.15, -0.1) is 11.3 Å². The summed E-state index contributed by atoms with van der Waals surface area (Å²) in [6, 6.07) is 23.8. The first-order valence-corrected chi connectivity index (χ1v) is 12.8. The molecule has 3 aromatic carbocycles. The van der Waals surface area contributed by atoms with Gasteiger partial charge in [-0.05, 0) is 62.0 Å². The van der Waals surface area contributed by atoms with Crippen LogP contribution in [-0.2, 0) is 11.2 Å². The lowest BCUT2D eigenvalue weighted by atomic mass is 10.1. The zero-order valence-corrected chi connectivity index (χ0v) is 20.7. The maximum Gasteiger partial charge on any atom is 0.0987 e. The molecule has 5 heteroatoms. The normalized spacial score (nSPS) is 13.3. The molecule has 0 bridgehead atoms. The van der Waals surface area contributed by atoms with Crippen molar-refractivity contribution >= 4 is 38.3 Å². The zero-order chi connectivity index (χ0) is 23.3. The summed E-state index contributed by atoms with van der Waals surface area (Å²) < 4.78 is 7.41. The van der Waals surface area contributed by atoms with Crippen molar-refractivity contribution < 1.29 is 4.74 Å². The molecule has 0 saturated heterocycles. The number of hydrogen-bond donors (Lipinski definition) is 0. The Morgan fingerprint density at radius 1 is 0.971 bits per heavy atom. The molecule has 2 heterocycles. The molecule has 0 saturated carbocycles. The molecule has 4 nitrogen and oxygen atoms in total. The fourth-order valence-corrected chi connectivity index (χ4v) is 5.30. The summed E-state index contributed by atoms with van der Waals surface area (Å²) in [4.78, 5) is 2.19. The van der Waals surface area contributed by atoms with Gasteiger partial charge in [-0.25, -0.2) is 0 Å². The van der Waals surface area contributed by atoms with E-state index in [1.165, 1.54) is 26.4 Å². The second-order valence-electron chi connectivity index (χ2n) is 9.00. The van der Waals surface area contributed by atoms with Crippen molar-refractivity contribution in [3.05, 3.63) is 94.3 Å². The van der Waals surface area contributed by atoms with Crippen LogP contribution in [0.3, 0.4) is 0 Å². The van der Waals surface area contributed by atoms with Gasteiger partial charge in [0.05, 0.1) is 17.7 Å². The molecule has 5 rings (SSSR count). The van der Waals surface area contributed by atoms with Crippen LogP contribution >= 0.6 is 11.3 Å². The van der Waals surface area contributed by atoms with E-state index in [0.29, 0.717) is 6.61 Å². The van der Waals surface area contributed by atoms with Crippen molar-refractivity contribution in [1.29, 1.82) is 0 Å². The van der Waals surface area contributed by atoms with Gasteiger partial charge in [-0.3, -0.25) is 5.01 Å². The molecule has 1 aromatic heterocycles. The molecule has 0 fully saturated rings. The third-order valence-corrected chi connectivity index (χ3v) is 7.16. The van der Waals surface area contributed by atoms with E-state index in [4.69, 9.17) is 9.84 Å². The van der Waals surface area contributed by atoms with E-state index in [1.54, 1.807) is 11.3 Å². The highest BCUT2D eigenvalue weighted by atomic mass is 32.1. The van der Waals surface area contributed by atoms with E-state index in [9.17, 15) is 0 Å². The second-order valence-corrected chi connectivity index (χ2v) is 9.92. The summed E-state index contributed by atoms with van der Waals surface area (Å²) in [5.41, 5.74) is 3.59. The van der Waals surface area contributed by atoms with Crippen LogP contribution in [0.25, 0.3) is 26.9 Å². The fraction of sp³-hybridized carbons (Fsp3) is 0.276. The average molecular weight is 470 g/mol. The maximum absolute atomic E-state index is 6.08. The molecular formula is C29H31N3OS. The van der Waals surface area contributed by atoms with E-state index in [1.807, 2.05) is 0 Å². The number of benzene rings is 1. The summed E-state index contributed by atoms with van der Waals surface area (Å²) in [5, 5.41) is 14.3. The van der Waals surface area contributed by atoms with Crippen molar-refractivity contribution in [1.82, 2.24) is 9.91 Å². The van der Waals surface area contributed by atoms with E-state index < -0.39 is 0 Å². The van der Waals surface area contributed by atoms with Crippen LogP contribution in [0.2, 0.25) is 0 Å². The quantitative estimate of drug-likeness (QED) is 0.293. The van der Waals surface area contributed by atoms with E-state index in [2.05, 4.69) is 102 Å². The second kappa shape index (κ2) is 10.5. The molecule has 0 radical (unpaired) electrons. The molecule has 0 N–H and O–H groups in total. The van der Waals surface area contributed by atoms with Crippen molar-refractivity contribution in [2.75, 3.05) is 40.4 Å². The van der Waals surface area contributed by atoms with Crippen molar-refractivity contribution in [3.8, 4) is 0 Å². The smallest absolute Gasteiger partial charge is 0.0987 e. The van der Waals surface area contributed by atoms with Gasteiger partial charge in [-0.2, -0.15) is 5.10 Å². The molecule has 1 aliphatic heterocycles. The van der Waals surface area contributed by atoms with Gasteiger partial charge in [0.25, 0.3) is 0 Å². The summed E-state index contributed by atoms with van der Waals surface area (Å²) in [7, 11) is 4.19. The molecule has 0 spiro atoms. The van der Waals surface area contributed by atoms with E-state index in [-0.39, 0.29) is 0 Å². The number of hydrogen-bond acceptors (Lipinski definition) is 5. The maximum atomic E-state index is 6.08. The Bertz CT molecular complexity index is 1370. The summed E-state index contributed by atoms with van der Waals surface area (Å²) in [6.45, 7) is 3.16. The lowest BCUT2D eigenvalue weighted by molar-refractivity contribution is 0.126. The van der Waals surface area contributed by atoms with Gasteiger partial charge in [0.2, 0.25) is 0 Å². The fourth-order valence-electron chi connectivity index (χ4n) is 4.44. The number of fused-ring (bicyclic) bond motifs is 5. The monoisotopic (exact) mass is 469 g/mol. The minimum atomic E-state index is 0.567. The Balaban J connectivity index is 1.49. The van der Waals surface area contributed by atoms with Gasteiger partial charge >= 0.3 is 0 Å². The summed E-state index contributed by atoms with van der Waals surface area (Å²) in [5.74, 6) is 0. The summed E-state index contributed by atoms with van der Waals surface area (Å²) >= 11 is 1.79. The third-order valence-electron chi connectivity index (χ3n) is 6.18. The van der Waals surface area contributed by atoms with Crippen LogP contribution in [0.4, 0.5) is 0 Å². The summed E-state index contributed by atoms with van der Waals surface area (Å²) in [6.07, 6.45) is 4.22. The molecule has 1 aliphatic rings. The number of rotatable bonds is 9. The SMILES string of the molecule is CN(C)CCCOCC1=Cc2cccc3c(cc4cccsc43)c2=NN1CCc1ccccc1. The number of nitrogens with zero attached hydrogens (tertiary/aromatic N) is 3. The zero-order valence-electron chi connectivity index (χ0n) is 19.9. The van der Waals surface area contributed by atoms with Crippen molar-refractivity contribution in [3.63, 3.8) is 0 Å². The molecular weight excluding hydrogens is 438 g/mol. The standard InChI is InChI=1S/C29H31N3OS/c1-31(2)15-8-17-33-21-25-19-23-11-6-13-26-27(20-24-12-7-18-34-29(24)26)28(23)30-32(25)16-14-22-9-4-3-5-10-22/h3-7,9-13,18-20H,8,14-17,21H2,1-2H3. The highest BCUT2D eigenvalue weighted by molar-refractivity contribution is 7.17. The van der Waals surface area contributed by atoms with Gasteiger partial charge in [-0.1, -0.05) is 60.7 Å². The molecule has 0 amide bonds. The minimum absolute atomic E-state index is 0.567. The molecule has 174 valence electrons. The van der Waals surface area contributed by atoms with E-state index in [0.717, 1.165) is 49.2 Å². The average Bonchev–Trinajstić information content (AvgIpc) is 3.12. The van der Waals surface area contributed by atoms with Gasteiger partial charge < -0.3 is 9.64 Å². The Hall–Kier alpha value is -2.99. The predicted molar refractivity (Wildman–Crippen MR) is 144 cm³/mol. The Morgan fingerprint density at radius 3 is 2.71 bits per heavy atom. The highest BCUT2D eigenvalue weighted by Crippen LogP contribution is 2.30.